The van der Waals surface area contributed by atoms with E-state index in [1.54, 1.807) is 6.20 Å². The smallest absolute Gasteiger partial charge is 0.338 e. The van der Waals surface area contributed by atoms with Crippen LogP contribution in [0.3, 0.4) is 0 Å². The molecule has 0 unspecified atom stereocenters. The molecular weight excluding hydrogens is 272 g/mol. The van der Waals surface area contributed by atoms with Gasteiger partial charge in [-0.2, -0.15) is 0 Å². The minimum Gasteiger partial charge on any atom is -0.478 e. The van der Waals surface area contributed by atoms with Gasteiger partial charge < -0.3 is 19.6 Å². The van der Waals surface area contributed by atoms with E-state index in [0.717, 1.165) is 5.56 Å². The zero-order chi connectivity index (χ0) is 15.2. The third-order valence-electron chi connectivity index (χ3n) is 2.71. The maximum absolute atomic E-state index is 10.8. The van der Waals surface area contributed by atoms with E-state index in [2.05, 4.69) is 10.3 Å². The minimum atomic E-state index is -0.995. The first-order chi connectivity index (χ1) is 10.1. The number of furan rings is 1. The number of pyridine rings is 1. The molecule has 0 aliphatic heterocycles. The van der Waals surface area contributed by atoms with Crippen LogP contribution in [-0.2, 0) is 13.1 Å². The number of aromatic nitrogens is 1. The summed E-state index contributed by atoms with van der Waals surface area (Å²) in [6.45, 7) is 4.88. The van der Waals surface area contributed by atoms with E-state index in [1.165, 1.54) is 12.3 Å². The van der Waals surface area contributed by atoms with E-state index in [0.29, 0.717) is 24.7 Å². The first-order valence-corrected chi connectivity index (χ1v) is 6.68. The van der Waals surface area contributed by atoms with Gasteiger partial charge in [-0.15, -0.1) is 0 Å². The molecular formula is C15H18N2O4. The molecule has 6 heteroatoms. The lowest BCUT2D eigenvalue weighted by atomic mass is 10.2. The Kier molecular flexibility index (Phi) is 4.94. The van der Waals surface area contributed by atoms with E-state index in [4.69, 9.17) is 14.3 Å². The Morgan fingerprint density at radius 2 is 2.29 bits per heavy atom. The van der Waals surface area contributed by atoms with Crippen molar-refractivity contribution in [3.05, 3.63) is 47.5 Å². The molecule has 0 atom stereocenters. The topological polar surface area (TPSA) is 84.6 Å². The monoisotopic (exact) mass is 290 g/mol. The molecule has 0 bridgehead atoms. The molecule has 6 nitrogen and oxygen atoms in total. The number of carbonyl (C=O) groups is 1. The molecule has 0 radical (unpaired) electrons. The Morgan fingerprint density at radius 3 is 2.95 bits per heavy atom. The van der Waals surface area contributed by atoms with Gasteiger partial charge in [0.1, 0.15) is 12.0 Å². The molecule has 2 heterocycles. The lowest BCUT2D eigenvalue weighted by Crippen LogP contribution is -2.15. The van der Waals surface area contributed by atoms with Gasteiger partial charge in [-0.05, 0) is 26.0 Å². The highest BCUT2D eigenvalue weighted by atomic mass is 16.5. The average Bonchev–Trinajstić information content (AvgIpc) is 2.89. The second-order valence-electron chi connectivity index (χ2n) is 4.84. The molecule has 0 aliphatic carbocycles. The van der Waals surface area contributed by atoms with Gasteiger partial charge in [0.05, 0.1) is 18.2 Å². The fourth-order valence-corrected chi connectivity index (χ4v) is 1.79. The molecule has 0 aliphatic rings. The van der Waals surface area contributed by atoms with E-state index in [9.17, 15) is 4.79 Å². The van der Waals surface area contributed by atoms with Crippen molar-refractivity contribution in [2.45, 2.75) is 33.0 Å². The first kappa shape index (κ1) is 15.1. The minimum absolute atomic E-state index is 0.0573. The number of ether oxygens (including phenoxy) is 1. The van der Waals surface area contributed by atoms with Crippen molar-refractivity contribution in [1.82, 2.24) is 10.3 Å². The normalized spacial score (nSPS) is 10.8. The van der Waals surface area contributed by atoms with Crippen LogP contribution in [0.15, 0.2) is 35.1 Å². The number of aromatic carboxylic acids is 1. The largest absolute Gasteiger partial charge is 0.478 e. The van der Waals surface area contributed by atoms with Gasteiger partial charge in [0.15, 0.2) is 0 Å². The Hall–Kier alpha value is -2.34. The number of carboxylic acid groups (broad SMARTS) is 1. The van der Waals surface area contributed by atoms with Crippen molar-refractivity contribution in [1.29, 1.82) is 0 Å². The Labute approximate surface area is 122 Å². The van der Waals surface area contributed by atoms with Crippen molar-refractivity contribution in [3.8, 4) is 5.88 Å². The highest BCUT2D eigenvalue weighted by Gasteiger charge is 2.09. The van der Waals surface area contributed by atoms with Crippen molar-refractivity contribution >= 4 is 5.97 Å². The highest BCUT2D eigenvalue weighted by molar-refractivity contribution is 5.87. The lowest BCUT2D eigenvalue weighted by molar-refractivity contribution is 0.0696. The molecule has 0 fully saturated rings. The predicted octanol–water partition coefficient (Wildman–Crippen LogP) is 2.45. The van der Waals surface area contributed by atoms with Gasteiger partial charge in [0, 0.05) is 18.3 Å². The summed E-state index contributed by atoms with van der Waals surface area (Å²) in [4.78, 5) is 15.0. The van der Waals surface area contributed by atoms with Crippen molar-refractivity contribution < 1.29 is 19.1 Å². The van der Waals surface area contributed by atoms with Gasteiger partial charge in [-0.3, -0.25) is 0 Å². The van der Waals surface area contributed by atoms with Gasteiger partial charge in [-0.1, -0.05) is 6.07 Å². The zero-order valence-corrected chi connectivity index (χ0v) is 12.0. The summed E-state index contributed by atoms with van der Waals surface area (Å²) in [5, 5.41) is 12.0. The summed E-state index contributed by atoms with van der Waals surface area (Å²) >= 11 is 0. The number of nitrogens with one attached hydrogen (secondary N) is 1. The summed E-state index contributed by atoms with van der Waals surface area (Å²) in [6.07, 6.45) is 2.98. The maximum Gasteiger partial charge on any atom is 0.338 e. The lowest BCUT2D eigenvalue weighted by Gasteiger charge is -2.12. The molecule has 21 heavy (non-hydrogen) atoms. The van der Waals surface area contributed by atoms with Crippen LogP contribution in [0.25, 0.3) is 0 Å². The van der Waals surface area contributed by atoms with E-state index >= 15 is 0 Å². The Morgan fingerprint density at radius 1 is 1.48 bits per heavy atom. The Balaban J connectivity index is 1.92. The summed E-state index contributed by atoms with van der Waals surface area (Å²) in [6, 6.07) is 5.28. The zero-order valence-electron chi connectivity index (χ0n) is 12.0. The number of rotatable bonds is 7. The average molecular weight is 290 g/mol. The molecule has 2 N–H and O–H groups in total. The molecule has 0 saturated carbocycles. The fraction of sp³-hybridized carbons (Fsp3) is 0.333. The molecule has 112 valence electrons. The third-order valence-corrected chi connectivity index (χ3v) is 2.71. The van der Waals surface area contributed by atoms with Crippen LogP contribution in [0.5, 0.6) is 5.88 Å². The maximum atomic E-state index is 10.8. The molecule has 2 aromatic rings. The number of carboxylic acids is 1. The van der Waals surface area contributed by atoms with E-state index < -0.39 is 5.97 Å². The third kappa shape index (κ3) is 4.32. The van der Waals surface area contributed by atoms with E-state index in [-0.39, 0.29) is 11.7 Å². The number of nitrogens with zero attached hydrogens (tertiary/aromatic N) is 1. The molecule has 0 amide bonds. The SMILES string of the molecule is CC(C)Oc1ncccc1CNCc1cc(C(=O)O)co1. The molecule has 2 aromatic heterocycles. The van der Waals surface area contributed by atoms with Gasteiger partial charge in [-0.25, -0.2) is 9.78 Å². The van der Waals surface area contributed by atoms with Crippen molar-refractivity contribution in [2.75, 3.05) is 0 Å². The first-order valence-electron chi connectivity index (χ1n) is 6.68. The van der Waals surface area contributed by atoms with Crippen LogP contribution in [0.4, 0.5) is 0 Å². The van der Waals surface area contributed by atoms with E-state index in [1.807, 2.05) is 26.0 Å². The Bertz CT molecular complexity index is 607. The van der Waals surface area contributed by atoms with Crippen LogP contribution in [-0.4, -0.2) is 22.2 Å². The number of hydrogen-bond donors (Lipinski definition) is 2. The van der Waals surface area contributed by atoms with Crippen LogP contribution in [0.1, 0.15) is 35.5 Å². The standard InChI is InChI=1S/C15H18N2O4/c1-10(2)21-14-11(4-3-5-17-14)7-16-8-13-6-12(9-20-13)15(18)19/h3-6,9-10,16H,7-8H2,1-2H3,(H,18,19). The molecule has 0 spiro atoms. The highest BCUT2D eigenvalue weighted by Crippen LogP contribution is 2.16. The summed E-state index contributed by atoms with van der Waals surface area (Å²) < 4.78 is 10.8. The number of hydrogen-bond acceptors (Lipinski definition) is 5. The molecule has 2 rings (SSSR count). The van der Waals surface area contributed by atoms with Crippen LogP contribution in [0, 0.1) is 0 Å². The van der Waals surface area contributed by atoms with Crippen molar-refractivity contribution in [2.24, 2.45) is 0 Å². The fourth-order valence-electron chi connectivity index (χ4n) is 1.79. The summed E-state index contributed by atoms with van der Waals surface area (Å²) in [7, 11) is 0. The predicted molar refractivity (Wildman–Crippen MR) is 76.2 cm³/mol. The quantitative estimate of drug-likeness (QED) is 0.814. The van der Waals surface area contributed by atoms with Crippen LogP contribution in [0.2, 0.25) is 0 Å². The summed E-state index contributed by atoms with van der Waals surface area (Å²) in [5.74, 6) is 0.179. The van der Waals surface area contributed by atoms with Gasteiger partial charge in [0.25, 0.3) is 0 Å². The molecule has 0 aromatic carbocycles. The molecule has 0 saturated heterocycles. The van der Waals surface area contributed by atoms with Crippen LogP contribution < -0.4 is 10.1 Å². The second kappa shape index (κ2) is 6.90. The van der Waals surface area contributed by atoms with Crippen LogP contribution >= 0.6 is 0 Å². The summed E-state index contributed by atoms with van der Waals surface area (Å²) in [5.41, 5.74) is 1.09. The van der Waals surface area contributed by atoms with Gasteiger partial charge >= 0.3 is 5.97 Å². The van der Waals surface area contributed by atoms with Gasteiger partial charge in [0.2, 0.25) is 5.88 Å². The second-order valence-corrected chi connectivity index (χ2v) is 4.84. The van der Waals surface area contributed by atoms with Crippen molar-refractivity contribution in [3.63, 3.8) is 0 Å².